The lowest BCUT2D eigenvalue weighted by molar-refractivity contribution is 0.0524. The molecule has 22 heavy (non-hydrogen) atoms. The summed E-state index contributed by atoms with van der Waals surface area (Å²) in [6, 6.07) is 1.08. The van der Waals surface area contributed by atoms with E-state index in [1.165, 1.54) is 24.8 Å². The summed E-state index contributed by atoms with van der Waals surface area (Å²) in [4.78, 5) is 0. The fraction of sp³-hybridized carbons (Fsp3) is 0.824. The molecule has 0 aromatic carbocycles. The Morgan fingerprint density at radius 1 is 1.27 bits per heavy atom. The molecule has 0 spiro atoms. The lowest BCUT2D eigenvalue weighted by Crippen LogP contribution is -2.50. The van der Waals surface area contributed by atoms with E-state index in [0.717, 1.165) is 50.6 Å². The van der Waals surface area contributed by atoms with Gasteiger partial charge < -0.3 is 19.9 Å². The van der Waals surface area contributed by atoms with Gasteiger partial charge in [0.2, 0.25) is 0 Å². The Morgan fingerprint density at radius 2 is 2.18 bits per heavy atom. The summed E-state index contributed by atoms with van der Waals surface area (Å²) < 4.78 is 11.1. The van der Waals surface area contributed by atoms with Gasteiger partial charge in [-0.25, -0.2) is 0 Å². The molecule has 3 unspecified atom stereocenters. The van der Waals surface area contributed by atoms with Crippen LogP contribution in [0.15, 0.2) is 4.52 Å². The molecule has 1 aromatic rings. The van der Waals surface area contributed by atoms with Gasteiger partial charge in [0, 0.05) is 37.2 Å². The number of aryl methyl sites for hydroxylation is 2. The Bertz CT molecular complexity index is 447. The van der Waals surface area contributed by atoms with Crippen molar-refractivity contribution in [2.45, 2.75) is 64.6 Å². The molecule has 1 saturated heterocycles. The van der Waals surface area contributed by atoms with Crippen LogP contribution < -0.4 is 10.6 Å². The smallest absolute Gasteiger partial charge is 0.141 e. The molecule has 2 heterocycles. The molecular weight excluding hydrogens is 278 g/mol. The minimum absolute atomic E-state index is 0.507. The van der Waals surface area contributed by atoms with E-state index in [1.807, 2.05) is 0 Å². The predicted octanol–water partition coefficient (Wildman–Crippen LogP) is 2.05. The number of nitrogens with one attached hydrogen (secondary N) is 2. The molecule has 3 atom stereocenters. The van der Waals surface area contributed by atoms with Crippen LogP contribution in [0, 0.1) is 5.92 Å². The highest BCUT2D eigenvalue weighted by Gasteiger charge is 2.34. The number of aromatic nitrogens is 1. The van der Waals surface area contributed by atoms with Crippen molar-refractivity contribution in [3.8, 4) is 0 Å². The van der Waals surface area contributed by atoms with Crippen LogP contribution in [-0.4, -0.2) is 37.0 Å². The molecule has 0 radical (unpaired) electrons. The highest BCUT2D eigenvalue weighted by molar-refractivity contribution is 5.23. The maximum absolute atomic E-state index is 5.65. The maximum atomic E-state index is 5.65. The van der Waals surface area contributed by atoms with Crippen molar-refractivity contribution in [3.05, 3.63) is 17.0 Å². The van der Waals surface area contributed by atoms with Crippen LogP contribution in [0.3, 0.4) is 0 Å². The number of hydrogen-bond donors (Lipinski definition) is 2. The van der Waals surface area contributed by atoms with Gasteiger partial charge in [-0.05, 0) is 25.2 Å². The molecule has 2 N–H and O–H groups in total. The first-order valence-electron chi connectivity index (χ1n) is 8.84. The minimum atomic E-state index is 0.507. The van der Waals surface area contributed by atoms with Gasteiger partial charge in [0.25, 0.3) is 0 Å². The summed E-state index contributed by atoms with van der Waals surface area (Å²) in [5.41, 5.74) is 2.39. The molecule has 5 nitrogen and oxygen atoms in total. The molecule has 1 aliphatic carbocycles. The van der Waals surface area contributed by atoms with E-state index in [1.54, 1.807) is 0 Å². The van der Waals surface area contributed by atoms with Crippen molar-refractivity contribution in [1.82, 2.24) is 15.8 Å². The van der Waals surface area contributed by atoms with Gasteiger partial charge in [-0.1, -0.05) is 25.4 Å². The number of morpholine rings is 1. The van der Waals surface area contributed by atoms with E-state index in [2.05, 4.69) is 29.6 Å². The first kappa shape index (κ1) is 16.0. The summed E-state index contributed by atoms with van der Waals surface area (Å²) in [7, 11) is 0. The highest BCUT2D eigenvalue weighted by atomic mass is 16.5. The van der Waals surface area contributed by atoms with Gasteiger partial charge >= 0.3 is 0 Å². The Labute approximate surface area is 133 Å². The summed E-state index contributed by atoms with van der Waals surface area (Å²) >= 11 is 0. The molecule has 1 aromatic heterocycles. The zero-order valence-electron chi connectivity index (χ0n) is 13.9. The van der Waals surface area contributed by atoms with E-state index in [9.17, 15) is 0 Å². The zero-order chi connectivity index (χ0) is 15.4. The first-order valence-corrected chi connectivity index (χ1v) is 8.84. The normalized spacial score (nSPS) is 29.1. The standard InChI is InChI=1S/C17H29N3O2/c1-3-14-13(17(4-2)22-20-14)10-19-15-7-5-6-12(15)16-11-21-9-8-18-16/h12,15-16,18-19H,3-11H2,1-2H3. The van der Waals surface area contributed by atoms with Gasteiger partial charge in [0.1, 0.15) is 5.76 Å². The molecule has 124 valence electrons. The number of nitrogens with zero attached hydrogens (tertiary/aromatic N) is 1. The van der Waals surface area contributed by atoms with Gasteiger partial charge in [0.15, 0.2) is 0 Å². The summed E-state index contributed by atoms with van der Waals surface area (Å²) in [6.07, 6.45) is 5.72. The van der Waals surface area contributed by atoms with Crippen LogP contribution in [0.2, 0.25) is 0 Å². The SMILES string of the molecule is CCc1noc(CC)c1CNC1CCCC1C1COCCN1. The Balaban J connectivity index is 1.61. The second-order valence-electron chi connectivity index (χ2n) is 6.46. The molecule has 1 saturated carbocycles. The van der Waals surface area contributed by atoms with Crippen LogP contribution >= 0.6 is 0 Å². The Hall–Kier alpha value is -0.910. The van der Waals surface area contributed by atoms with Crippen LogP contribution in [-0.2, 0) is 24.1 Å². The fourth-order valence-electron chi connectivity index (χ4n) is 3.96. The summed E-state index contributed by atoms with van der Waals surface area (Å²) in [6.45, 7) is 7.84. The van der Waals surface area contributed by atoms with Crippen LogP contribution in [0.1, 0.15) is 50.1 Å². The lowest BCUT2D eigenvalue weighted by Gasteiger charge is -2.33. The molecule has 2 fully saturated rings. The monoisotopic (exact) mass is 307 g/mol. The predicted molar refractivity (Wildman–Crippen MR) is 85.8 cm³/mol. The number of hydrogen-bond acceptors (Lipinski definition) is 5. The molecule has 2 aliphatic rings. The topological polar surface area (TPSA) is 59.3 Å². The third kappa shape index (κ3) is 3.36. The second kappa shape index (κ2) is 7.57. The van der Waals surface area contributed by atoms with Crippen molar-refractivity contribution < 1.29 is 9.26 Å². The zero-order valence-corrected chi connectivity index (χ0v) is 13.9. The van der Waals surface area contributed by atoms with Crippen molar-refractivity contribution in [2.75, 3.05) is 19.8 Å². The van der Waals surface area contributed by atoms with Crippen molar-refractivity contribution in [1.29, 1.82) is 0 Å². The number of rotatable bonds is 6. The van der Waals surface area contributed by atoms with E-state index in [4.69, 9.17) is 9.26 Å². The maximum Gasteiger partial charge on any atom is 0.141 e. The highest BCUT2D eigenvalue weighted by Crippen LogP contribution is 2.30. The van der Waals surface area contributed by atoms with Crippen molar-refractivity contribution in [2.24, 2.45) is 5.92 Å². The van der Waals surface area contributed by atoms with Crippen molar-refractivity contribution >= 4 is 0 Å². The van der Waals surface area contributed by atoms with E-state index < -0.39 is 0 Å². The third-order valence-corrected chi connectivity index (χ3v) is 5.18. The molecular formula is C17H29N3O2. The largest absolute Gasteiger partial charge is 0.379 e. The van der Waals surface area contributed by atoms with Crippen LogP contribution in [0.5, 0.6) is 0 Å². The minimum Gasteiger partial charge on any atom is -0.379 e. The van der Waals surface area contributed by atoms with Crippen LogP contribution in [0.25, 0.3) is 0 Å². The van der Waals surface area contributed by atoms with Gasteiger partial charge in [0.05, 0.1) is 18.9 Å². The Morgan fingerprint density at radius 3 is 2.91 bits per heavy atom. The Kier molecular flexibility index (Phi) is 5.50. The van der Waals surface area contributed by atoms with Gasteiger partial charge in [-0.3, -0.25) is 0 Å². The summed E-state index contributed by atoms with van der Waals surface area (Å²) in [5.74, 6) is 1.72. The number of ether oxygens (including phenoxy) is 1. The van der Waals surface area contributed by atoms with Crippen LogP contribution in [0.4, 0.5) is 0 Å². The molecule has 1 aliphatic heterocycles. The quantitative estimate of drug-likeness (QED) is 0.842. The van der Waals surface area contributed by atoms with Gasteiger partial charge in [-0.15, -0.1) is 0 Å². The average Bonchev–Trinajstić information content (AvgIpc) is 3.19. The third-order valence-electron chi connectivity index (χ3n) is 5.18. The summed E-state index contributed by atoms with van der Waals surface area (Å²) in [5, 5.41) is 11.6. The average molecular weight is 307 g/mol. The van der Waals surface area contributed by atoms with E-state index in [-0.39, 0.29) is 0 Å². The molecule has 0 bridgehead atoms. The second-order valence-corrected chi connectivity index (χ2v) is 6.46. The lowest BCUT2D eigenvalue weighted by atomic mass is 9.93. The van der Waals surface area contributed by atoms with Crippen molar-refractivity contribution in [3.63, 3.8) is 0 Å². The fourth-order valence-corrected chi connectivity index (χ4v) is 3.96. The van der Waals surface area contributed by atoms with Gasteiger partial charge in [-0.2, -0.15) is 0 Å². The molecule has 0 amide bonds. The molecule has 5 heteroatoms. The van der Waals surface area contributed by atoms with E-state index >= 15 is 0 Å². The molecule has 3 rings (SSSR count). The van der Waals surface area contributed by atoms with E-state index in [0.29, 0.717) is 18.0 Å². The first-order chi connectivity index (χ1) is 10.8.